The van der Waals surface area contributed by atoms with Crippen molar-refractivity contribution < 1.29 is 9.53 Å². The zero-order valence-corrected chi connectivity index (χ0v) is 12.2. The Kier molecular flexibility index (Phi) is 5.41. The smallest absolute Gasteiger partial charge is 0.227 e. The standard InChI is InChI=1S/C16H24N2O2/c1-20-15-8-2-5-13(11-15)12-16(19)18-10-4-7-14(18)6-3-9-17/h2,5,8,11,14H,3-4,6-7,9-10,12,17H2,1H3. The lowest BCUT2D eigenvalue weighted by molar-refractivity contribution is -0.131. The molecule has 1 aliphatic heterocycles. The van der Waals surface area contributed by atoms with Gasteiger partial charge in [0.25, 0.3) is 0 Å². The van der Waals surface area contributed by atoms with Gasteiger partial charge in [-0.1, -0.05) is 12.1 Å². The maximum absolute atomic E-state index is 12.4. The SMILES string of the molecule is COc1cccc(CC(=O)N2CCCC2CCCN)c1. The Morgan fingerprint density at radius 3 is 3.10 bits per heavy atom. The average molecular weight is 276 g/mol. The Bertz CT molecular complexity index is 448. The summed E-state index contributed by atoms with van der Waals surface area (Å²) in [5, 5.41) is 0. The third kappa shape index (κ3) is 3.73. The maximum Gasteiger partial charge on any atom is 0.227 e. The Morgan fingerprint density at radius 1 is 1.50 bits per heavy atom. The van der Waals surface area contributed by atoms with Gasteiger partial charge in [0.15, 0.2) is 0 Å². The van der Waals surface area contributed by atoms with E-state index in [1.807, 2.05) is 29.2 Å². The van der Waals surface area contributed by atoms with Gasteiger partial charge in [-0.25, -0.2) is 0 Å². The van der Waals surface area contributed by atoms with Gasteiger partial charge in [0, 0.05) is 12.6 Å². The van der Waals surface area contributed by atoms with Crippen LogP contribution in [0.5, 0.6) is 5.75 Å². The van der Waals surface area contributed by atoms with Crippen LogP contribution in [0.1, 0.15) is 31.2 Å². The minimum absolute atomic E-state index is 0.220. The number of nitrogens with two attached hydrogens (primary N) is 1. The van der Waals surface area contributed by atoms with E-state index in [4.69, 9.17) is 10.5 Å². The summed E-state index contributed by atoms with van der Waals surface area (Å²) >= 11 is 0. The van der Waals surface area contributed by atoms with Crippen LogP contribution in [-0.2, 0) is 11.2 Å². The van der Waals surface area contributed by atoms with Crippen molar-refractivity contribution in [2.45, 2.75) is 38.1 Å². The van der Waals surface area contributed by atoms with Crippen LogP contribution in [0.3, 0.4) is 0 Å². The number of hydrogen-bond acceptors (Lipinski definition) is 3. The van der Waals surface area contributed by atoms with Crippen molar-refractivity contribution in [3.63, 3.8) is 0 Å². The molecule has 0 saturated carbocycles. The number of rotatable bonds is 6. The van der Waals surface area contributed by atoms with Crippen LogP contribution in [0.25, 0.3) is 0 Å². The highest BCUT2D eigenvalue weighted by atomic mass is 16.5. The monoisotopic (exact) mass is 276 g/mol. The predicted molar refractivity (Wildman–Crippen MR) is 79.7 cm³/mol. The molecular formula is C16H24N2O2. The molecule has 1 amide bonds. The van der Waals surface area contributed by atoms with Gasteiger partial charge in [-0.15, -0.1) is 0 Å². The number of nitrogens with zero attached hydrogens (tertiary/aromatic N) is 1. The fourth-order valence-corrected chi connectivity index (χ4v) is 2.88. The van der Waals surface area contributed by atoms with E-state index in [9.17, 15) is 4.79 Å². The summed E-state index contributed by atoms with van der Waals surface area (Å²) in [6.07, 6.45) is 4.70. The first-order chi connectivity index (χ1) is 9.74. The van der Waals surface area contributed by atoms with Crippen molar-refractivity contribution in [3.05, 3.63) is 29.8 Å². The molecule has 1 saturated heterocycles. The summed E-state index contributed by atoms with van der Waals surface area (Å²) in [7, 11) is 1.64. The van der Waals surface area contributed by atoms with Crippen LogP contribution in [-0.4, -0.2) is 37.0 Å². The lowest BCUT2D eigenvalue weighted by Gasteiger charge is -2.24. The summed E-state index contributed by atoms with van der Waals surface area (Å²) in [6.45, 7) is 1.59. The summed E-state index contributed by atoms with van der Waals surface area (Å²) < 4.78 is 5.20. The zero-order chi connectivity index (χ0) is 14.4. The molecule has 1 heterocycles. The minimum atomic E-state index is 0.220. The first kappa shape index (κ1) is 14.9. The number of carbonyl (C=O) groups excluding carboxylic acids is 1. The molecule has 1 atom stereocenters. The quantitative estimate of drug-likeness (QED) is 0.864. The van der Waals surface area contributed by atoms with E-state index in [1.165, 1.54) is 0 Å². The van der Waals surface area contributed by atoms with Gasteiger partial charge in [-0.3, -0.25) is 4.79 Å². The molecule has 0 spiro atoms. The lowest BCUT2D eigenvalue weighted by Crippen LogP contribution is -2.36. The normalized spacial score (nSPS) is 18.3. The number of hydrogen-bond donors (Lipinski definition) is 1. The first-order valence-electron chi connectivity index (χ1n) is 7.37. The van der Waals surface area contributed by atoms with Crippen molar-refractivity contribution in [2.75, 3.05) is 20.2 Å². The highest BCUT2D eigenvalue weighted by Crippen LogP contribution is 2.23. The number of amides is 1. The molecule has 2 rings (SSSR count). The Hall–Kier alpha value is -1.55. The second kappa shape index (κ2) is 7.29. The Balaban J connectivity index is 1.96. The van der Waals surface area contributed by atoms with Crippen LogP contribution >= 0.6 is 0 Å². The first-order valence-corrected chi connectivity index (χ1v) is 7.37. The van der Waals surface area contributed by atoms with E-state index < -0.39 is 0 Å². The van der Waals surface area contributed by atoms with Crippen LogP contribution in [0.2, 0.25) is 0 Å². The molecule has 1 fully saturated rings. The van der Waals surface area contributed by atoms with Crippen LogP contribution in [0, 0.1) is 0 Å². The fraction of sp³-hybridized carbons (Fsp3) is 0.562. The number of likely N-dealkylation sites (tertiary alicyclic amines) is 1. The number of carbonyl (C=O) groups is 1. The molecule has 0 aliphatic carbocycles. The molecule has 1 unspecified atom stereocenters. The molecule has 0 aromatic heterocycles. The third-order valence-electron chi connectivity index (χ3n) is 3.93. The average Bonchev–Trinajstić information content (AvgIpc) is 2.93. The van der Waals surface area contributed by atoms with Crippen LogP contribution in [0.4, 0.5) is 0 Å². The van der Waals surface area contributed by atoms with Gasteiger partial charge in [-0.05, 0) is 49.9 Å². The molecule has 110 valence electrons. The van der Waals surface area contributed by atoms with Gasteiger partial charge in [0.2, 0.25) is 5.91 Å². The fourth-order valence-electron chi connectivity index (χ4n) is 2.88. The van der Waals surface area contributed by atoms with E-state index in [0.717, 1.165) is 43.5 Å². The summed E-state index contributed by atoms with van der Waals surface area (Å²) in [5.74, 6) is 1.02. The third-order valence-corrected chi connectivity index (χ3v) is 3.93. The molecule has 1 aliphatic rings. The maximum atomic E-state index is 12.4. The minimum Gasteiger partial charge on any atom is -0.497 e. The Morgan fingerprint density at radius 2 is 2.35 bits per heavy atom. The molecule has 0 radical (unpaired) electrons. The van der Waals surface area contributed by atoms with E-state index >= 15 is 0 Å². The molecular weight excluding hydrogens is 252 g/mol. The molecule has 4 heteroatoms. The van der Waals surface area contributed by atoms with Gasteiger partial charge >= 0.3 is 0 Å². The van der Waals surface area contributed by atoms with E-state index in [-0.39, 0.29) is 5.91 Å². The summed E-state index contributed by atoms with van der Waals surface area (Å²) in [5.41, 5.74) is 6.58. The van der Waals surface area contributed by atoms with Crippen molar-refractivity contribution in [2.24, 2.45) is 5.73 Å². The van der Waals surface area contributed by atoms with Crippen molar-refractivity contribution in [1.82, 2.24) is 4.90 Å². The molecule has 1 aromatic carbocycles. The second-order valence-electron chi connectivity index (χ2n) is 5.34. The van der Waals surface area contributed by atoms with E-state index in [0.29, 0.717) is 19.0 Å². The highest BCUT2D eigenvalue weighted by Gasteiger charge is 2.27. The van der Waals surface area contributed by atoms with Crippen LogP contribution in [0.15, 0.2) is 24.3 Å². The van der Waals surface area contributed by atoms with Crippen molar-refractivity contribution >= 4 is 5.91 Å². The van der Waals surface area contributed by atoms with Crippen molar-refractivity contribution in [1.29, 1.82) is 0 Å². The Labute approximate surface area is 120 Å². The summed E-state index contributed by atoms with van der Waals surface area (Å²) in [4.78, 5) is 14.5. The lowest BCUT2D eigenvalue weighted by atomic mass is 10.1. The molecule has 20 heavy (non-hydrogen) atoms. The number of methoxy groups -OCH3 is 1. The van der Waals surface area contributed by atoms with Gasteiger partial charge in [0.05, 0.1) is 13.5 Å². The van der Waals surface area contributed by atoms with Gasteiger partial charge < -0.3 is 15.4 Å². The van der Waals surface area contributed by atoms with Crippen LogP contribution < -0.4 is 10.5 Å². The zero-order valence-electron chi connectivity index (χ0n) is 12.2. The van der Waals surface area contributed by atoms with E-state index in [2.05, 4.69) is 0 Å². The molecule has 1 aromatic rings. The van der Waals surface area contributed by atoms with Gasteiger partial charge in [-0.2, -0.15) is 0 Å². The number of benzene rings is 1. The molecule has 0 bridgehead atoms. The van der Waals surface area contributed by atoms with Crippen molar-refractivity contribution in [3.8, 4) is 5.75 Å². The predicted octanol–water partition coefficient (Wildman–Crippen LogP) is 1.97. The summed E-state index contributed by atoms with van der Waals surface area (Å²) in [6, 6.07) is 8.12. The largest absolute Gasteiger partial charge is 0.497 e. The molecule has 4 nitrogen and oxygen atoms in total. The second-order valence-corrected chi connectivity index (χ2v) is 5.34. The highest BCUT2D eigenvalue weighted by molar-refractivity contribution is 5.79. The number of ether oxygens (including phenoxy) is 1. The molecule has 2 N–H and O–H groups in total. The van der Waals surface area contributed by atoms with Gasteiger partial charge in [0.1, 0.15) is 5.75 Å². The van der Waals surface area contributed by atoms with E-state index in [1.54, 1.807) is 7.11 Å². The topological polar surface area (TPSA) is 55.6 Å².